The van der Waals surface area contributed by atoms with Gasteiger partial charge in [0, 0.05) is 11.7 Å². The monoisotopic (exact) mass is 151 g/mol. The molecular weight excluding hydrogens is 138 g/mol. The van der Waals surface area contributed by atoms with E-state index < -0.39 is 6.10 Å². The van der Waals surface area contributed by atoms with Gasteiger partial charge in [-0.15, -0.1) is 0 Å². The Bertz CT molecular complexity index is 238. The molecule has 0 amide bonds. The van der Waals surface area contributed by atoms with E-state index in [2.05, 4.69) is 11.9 Å². The van der Waals surface area contributed by atoms with Crippen molar-refractivity contribution < 1.29 is 5.11 Å². The summed E-state index contributed by atoms with van der Waals surface area (Å²) < 4.78 is 0. The first kappa shape index (κ1) is 6.92. The highest BCUT2D eigenvalue weighted by atomic mass is 16.3. The van der Waals surface area contributed by atoms with Gasteiger partial charge in [0.1, 0.15) is 6.10 Å². The minimum Gasteiger partial charge on any atom is -0.383 e. The molecule has 0 saturated heterocycles. The third kappa shape index (κ3) is 0.979. The Hall–Kier alpha value is -0.760. The van der Waals surface area contributed by atoms with Crippen molar-refractivity contribution in [3.8, 4) is 0 Å². The minimum atomic E-state index is -0.407. The molecule has 1 unspecified atom stereocenters. The Morgan fingerprint density at radius 3 is 2.64 bits per heavy atom. The lowest BCUT2D eigenvalue weighted by Crippen LogP contribution is -2.36. The van der Waals surface area contributed by atoms with Gasteiger partial charge in [0.25, 0.3) is 0 Å². The second-order valence-electron chi connectivity index (χ2n) is 3.39. The zero-order valence-electron chi connectivity index (χ0n) is 6.72. The van der Waals surface area contributed by atoms with E-state index in [-0.39, 0.29) is 0 Å². The van der Waals surface area contributed by atoms with E-state index in [1.54, 1.807) is 0 Å². The molecule has 2 aliphatic carbocycles. The Morgan fingerprint density at radius 2 is 2.18 bits per heavy atom. The number of aliphatic hydroxyl groups is 1. The molecule has 2 N–H and O–H groups in total. The molecule has 0 aromatic heterocycles. The van der Waals surface area contributed by atoms with Crippen molar-refractivity contribution in [1.29, 1.82) is 0 Å². The summed E-state index contributed by atoms with van der Waals surface area (Å²) in [7, 11) is 0. The molecule has 11 heavy (non-hydrogen) atoms. The van der Waals surface area contributed by atoms with Crippen LogP contribution in [0, 0.1) is 0 Å². The maximum Gasteiger partial charge on any atom is 0.118 e. The van der Waals surface area contributed by atoms with Gasteiger partial charge >= 0.3 is 0 Å². The molecule has 0 radical (unpaired) electrons. The van der Waals surface area contributed by atoms with Crippen LogP contribution in [0.4, 0.5) is 0 Å². The molecule has 2 heteroatoms. The summed E-state index contributed by atoms with van der Waals surface area (Å²) in [4.78, 5) is 0. The van der Waals surface area contributed by atoms with Crippen molar-refractivity contribution in [3.05, 3.63) is 23.4 Å². The lowest BCUT2D eigenvalue weighted by Gasteiger charge is -2.31. The van der Waals surface area contributed by atoms with Crippen LogP contribution in [0.15, 0.2) is 23.4 Å². The van der Waals surface area contributed by atoms with Gasteiger partial charge in [0.2, 0.25) is 0 Å². The maximum absolute atomic E-state index is 9.40. The molecular formula is C9H13NO. The molecule has 0 bridgehead atoms. The van der Waals surface area contributed by atoms with Crippen LogP contribution >= 0.6 is 0 Å². The van der Waals surface area contributed by atoms with Gasteiger partial charge in [0.05, 0.1) is 0 Å². The molecule has 1 fully saturated rings. The second-order valence-corrected chi connectivity index (χ2v) is 3.39. The summed E-state index contributed by atoms with van der Waals surface area (Å²) in [6, 6.07) is 0.627. The van der Waals surface area contributed by atoms with Crippen molar-refractivity contribution in [2.45, 2.75) is 31.9 Å². The quantitative estimate of drug-likeness (QED) is 0.615. The van der Waals surface area contributed by atoms with Gasteiger partial charge < -0.3 is 10.4 Å². The van der Waals surface area contributed by atoms with Crippen molar-refractivity contribution in [3.63, 3.8) is 0 Å². The van der Waals surface area contributed by atoms with Crippen molar-refractivity contribution in [2.75, 3.05) is 0 Å². The highest BCUT2D eigenvalue weighted by molar-refractivity contribution is 5.50. The van der Waals surface area contributed by atoms with Crippen molar-refractivity contribution in [1.82, 2.24) is 5.32 Å². The molecule has 2 nitrogen and oxygen atoms in total. The Morgan fingerprint density at radius 1 is 1.55 bits per heavy atom. The van der Waals surface area contributed by atoms with Crippen LogP contribution in [0.2, 0.25) is 0 Å². The van der Waals surface area contributed by atoms with Crippen LogP contribution in [0.5, 0.6) is 0 Å². The zero-order valence-corrected chi connectivity index (χ0v) is 6.72. The average Bonchev–Trinajstić information content (AvgIpc) is 2.81. The Kier molecular flexibility index (Phi) is 1.33. The number of nitrogens with one attached hydrogen (secondary N) is 1. The lowest BCUT2D eigenvalue weighted by atomic mass is 9.87. The molecule has 0 aromatic carbocycles. The van der Waals surface area contributed by atoms with Gasteiger partial charge in [0.15, 0.2) is 0 Å². The first-order chi connectivity index (χ1) is 5.20. The van der Waals surface area contributed by atoms with Gasteiger partial charge in [-0.2, -0.15) is 0 Å². The second kappa shape index (κ2) is 2.11. The SMILES string of the molecule is C=C1C(C)=C(NC2CC2)C1O. The highest BCUT2D eigenvalue weighted by Gasteiger charge is 2.33. The first-order valence-corrected chi connectivity index (χ1v) is 4.04. The van der Waals surface area contributed by atoms with Gasteiger partial charge in [-0.1, -0.05) is 6.58 Å². The minimum absolute atomic E-state index is 0.407. The smallest absolute Gasteiger partial charge is 0.118 e. The fourth-order valence-electron chi connectivity index (χ4n) is 1.31. The molecule has 0 aromatic rings. The fourth-order valence-corrected chi connectivity index (χ4v) is 1.31. The maximum atomic E-state index is 9.40. The number of hydrogen-bond donors (Lipinski definition) is 2. The lowest BCUT2D eigenvalue weighted by molar-refractivity contribution is 0.221. The predicted octanol–water partition coefficient (Wildman–Crippen LogP) is 0.943. The molecule has 1 saturated carbocycles. The summed E-state index contributed by atoms with van der Waals surface area (Å²) in [5, 5.41) is 12.7. The van der Waals surface area contributed by atoms with E-state index in [4.69, 9.17) is 0 Å². The summed E-state index contributed by atoms with van der Waals surface area (Å²) in [6.45, 7) is 5.75. The summed E-state index contributed by atoms with van der Waals surface area (Å²) in [5.74, 6) is 0. The van der Waals surface area contributed by atoms with Crippen molar-refractivity contribution >= 4 is 0 Å². The van der Waals surface area contributed by atoms with Crippen molar-refractivity contribution in [2.24, 2.45) is 0 Å². The van der Waals surface area contributed by atoms with Crippen LogP contribution in [0.25, 0.3) is 0 Å². The average molecular weight is 151 g/mol. The van der Waals surface area contributed by atoms with Gasteiger partial charge in [-0.25, -0.2) is 0 Å². The van der Waals surface area contributed by atoms with Crippen LogP contribution < -0.4 is 5.32 Å². The van der Waals surface area contributed by atoms with E-state index in [1.807, 2.05) is 6.92 Å². The standard InChI is InChI=1S/C9H13NO/c1-5-6(2)9(11)8(5)10-7-3-4-7/h7,9-11H,2-4H2,1H3. The Balaban J connectivity index is 2.06. The highest BCUT2D eigenvalue weighted by Crippen LogP contribution is 2.33. The molecule has 0 spiro atoms. The molecule has 2 rings (SSSR count). The van der Waals surface area contributed by atoms with Crippen LogP contribution in [-0.4, -0.2) is 17.3 Å². The molecule has 0 heterocycles. The summed E-state index contributed by atoms with van der Waals surface area (Å²) in [6.07, 6.45) is 2.09. The molecule has 2 aliphatic rings. The van der Waals surface area contributed by atoms with Gasteiger partial charge in [-0.3, -0.25) is 0 Å². The third-order valence-electron chi connectivity index (χ3n) is 2.43. The van der Waals surface area contributed by atoms with E-state index in [0.717, 1.165) is 16.8 Å². The molecule has 1 atom stereocenters. The largest absolute Gasteiger partial charge is 0.383 e. The molecule has 0 aliphatic heterocycles. The molecule has 60 valence electrons. The number of hydrogen-bond acceptors (Lipinski definition) is 2. The Labute approximate surface area is 66.6 Å². The van der Waals surface area contributed by atoms with E-state index in [0.29, 0.717) is 6.04 Å². The number of aliphatic hydroxyl groups excluding tert-OH is 1. The topological polar surface area (TPSA) is 32.3 Å². The first-order valence-electron chi connectivity index (χ1n) is 4.04. The van der Waals surface area contributed by atoms with E-state index >= 15 is 0 Å². The normalized spacial score (nSPS) is 30.4. The van der Waals surface area contributed by atoms with Crippen LogP contribution in [0.1, 0.15) is 19.8 Å². The number of rotatable bonds is 2. The summed E-state index contributed by atoms with van der Waals surface area (Å²) >= 11 is 0. The van der Waals surface area contributed by atoms with E-state index in [9.17, 15) is 5.11 Å². The fraction of sp³-hybridized carbons (Fsp3) is 0.556. The van der Waals surface area contributed by atoms with E-state index in [1.165, 1.54) is 12.8 Å². The summed E-state index contributed by atoms with van der Waals surface area (Å²) in [5.41, 5.74) is 3.01. The van der Waals surface area contributed by atoms with Gasteiger partial charge in [-0.05, 0) is 30.9 Å². The van der Waals surface area contributed by atoms with Crippen LogP contribution in [-0.2, 0) is 0 Å². The zero-order chi connectivity index (χ0) is 8.01. The van der Waals surface area contributed by atoms with Crippen LogP contribution in [0.3, 0.4) is 0 Å². The predicted molar refractivity (Wildman–Crippen MR) is 44.0 cm³/mol. The third-order valence-corrected chi connectivity index (χ3v) is 2.43.